The highest BCUT2D eigenvalue weighted by Gasteiger charge is 2.49. The van der Waals surface area contributed by atoms with E-state index in [1.54, 1.807) is 7.11 Å². The van der Waals surface area contributed by atoms with Crippen molar-refractivity contribution < 1.29 is 38.1 Å². The van der Waals surface area contributed by atoms with Crippen LogP contribution in [0.15, 0.2) is 36.4 Å². The van der Waals surface area contributed by atoms with Gasteiger partial charge >= 0.3 is 0 Å². The molecule has 10 heteroatoms. The van der Waals surface area contributed by atoms with Gasteiger partial charge in [0.2, 0.25) is 11.7 Å². The summed E-state index contributed by atoms with van der Waals surface area (Å²) < 4.78 is 27.3. The lowest BCUT2D eigenvalue weighted by Gasteiger charge is -2.50. The molecule has 2 aliphatic heterocycles. The Morgan fingerprint density at radius 1 is 0.829 bits per heavy atom. The van der Waals surface area contributed by atoms with Crippen LogP contribution in [-0.2, 0) is 9.59 Å². The van der Waals surface area contributed by atoms with E-state index < -0.39 is 17.7 Å². The van der Waals surface area contributed by atoms with E-state index in [2.05, 4.69) is 0 Å². The quantitative estimate of drug-likeness (QED) is 0.317. The number of Topliss-reactive ketones (excluding diaryl/α,β-unsaturated/α-hetero) is 1. The molecular weight excluding hydrogens is 528 g/mol. The number of piperidine rings is 1. The number of ketones is 1. The molecule has 2 saturated heterocycles. The zero-order valence-electron chi connectivity index (χ0n) is 24.1. The van der Waals surface area contributed by atoms with Crippen LogP contribution in [0.1, 0.15) is 48.9 Å². The van der Waals surface area contributed by atoms with Crippen molar-refractivity contribution in [3.8, 4) is 28.7 Å². The maximum Gasteiger partial charge on any atom is 0.295 e. The van der Waals surface area contributed by atoms with Crippen LogP contribution in [0.25, 0.3) is 0 Å². The summed E-state index contributed by atoms with van der Waals surface area (Å²) in [7, 11) is 6.01. The van der Waals surface area contributed by atoms with Crippen molar-refractivity contribution in [2.75, 3.05) is 41.6 Å². The van der Waals surface area contributed by atoms with E-state index >= 15 is 0 Å². The van der Waals surface area contributed by atoms with Crippen molar-refractivity contribution >= 4 is 17.6 Å². The Kier molecular flexibility index (Phi) is 8.56. The van der Waals surface area contributed by atoms with Crippen LogP contribution in [0.4, 0.5) is 0 Å². The molecule has 5 rings (SSSR count). The molecule has 0 spiro atoms. The monoisotopic (exact) mass is 566 g/mol. The topological polar surface area (TPSA) is 104 Å². The average molecular weight is 567 g/mol. The Morgan fingerprint density at radius 3 is 2.15 bits per heavy atom. The molecule has 2 amide bonds. The maximum absolute atomic E-state index is 13.7. The third-order valence-electron chi connectivity index (χ3n) is 8.57. The van der Waals surface area contributed by atoms with Crippen LogP contribution in [-0.4, -0.2) is 87.1 Å². The van der Waals surface area contributed by atoms with Gasteiger partial charge in [0.25, 0.3) is 11.7 Å². The normalized spacial score (nSPS) is 23.7. The summed E-state index contributed by atoms with van der Waals surface area (Å²) in [5, 5.41) is 0. The fourth-order valence-electron chi connectivity index (χ4n) is 6.47. The number of hydrogen-bond acceptors (Lipinski definition) is 8. The first kappa shape index (κ1) is 28.6. The van der Waals surface area contributed by atoms with Crippen LogP contribution in [0.5, 0.6) is 28.7 Å². The van der Waals surface area contributed by atoms with E-state index in [4.69, 9.17) is 23.7 Å². The summed E-state index contributed by atoms with van der Waals surface area (Å²) >= 11 is 0. The number of methoxy groups -OCH3 is 4. The summed E-state index contributed by atoms with van der Waals surface area (Å²) in [6.45, 7) is 1.03. The Morgan fingerprint density at radius 2 is 1.51 bits per heavy atom. The minimum atomic E-state index is -0.695. The molecule has 10 nitrogen and oxygen atoms in total. The van der Waals surface area contributed by atoms with Crippen molar-refractivity contribution in [1.82, 2.24) is 9.80 Å². The highest BCUT2D eigenvalue weighted by molar-refractivity contribution is 6.43. The predicted molar refractivity (Wildman–Crippen MR) is 150 cm³/mol. The van der Waals surface area contributed by atoms with Gasteiger partial charge in [-0.15, -0.1) is 0 Å². The molecule has 1 saturated carbocycles. The van der Waals surface area contributed by atoms with Crippen LogP contribution in [0.3, 0.4) is 0 Å². The third-order valence-corrected chi connectivity index (χ3v) is 8.57. The Bertz CT molecular complexity index is 1250. The molecule has 41 heavy (non-hydrogen) atoms. The van der Waals surface area contributed by atoms with Crippen molar-refractivity contribution in [3.05, 3.63) is 42.0 Å². The van der Waals surface area contributed by atoms with Crippen molar-refractivity contribution in [2.24, 2.45) is 5.92 Å². The SMILES string of the molecule is COc1ccc(OCC2CCC(N3CC4CCCC(C3=O)N4C(=O)C(=O)c3cc(OC)c(OC)c(OC)c3)C2)cc1. The first-order chi connectivity index (χ1) is 19.9. The van der Waals surface area contributed by atoms with Gasteiger partial charge in [-0.25, -0.2) is 0 Å². The lowest BCUT2D eigenvalue weighted by molar-refractivity contribution is -0.159. The molecule has 3 aliphatic rings. The van der Waals surface area contributed by atoms with Gasteiger partial charge in [-0.05, 0) is 80.8 Å². The zero-order valence-corrected chi connectivity index (χ0v) is 24.1. The van der Waals surface area contributed by atoms with E-state index in [9.17, 15) is 14.4 Å². The van der Waals surface area contributed by atoms with Gasteiger partial charge < -0.3 is 33.5 Å². The lowest BCUT2D eigenvalue weighted by atomic mass is 9.88. The number of nitrogens with zero attached hydrogens (tertiary/aromatic N) is 2. The second-order valence-electron chi connectivity index (χ2n) is 10.9. The van der Waals surface area contributed by atoms with E-state index in [-0.39, 0.29) is 35.1 Å². The number of ether oxygens (including phenoxy) is 5. The van der Waals surface area contributed by atoms with Crippen molar-refractivity contribution in [2.45, 2.75) is 56.7 Å². The van der Waals surface area contributed by atoms with Gasteiger partial charge in [-0.2, -0.15) is 0 Å². The molecule has 4 unspecified atom stereocenters. The molecule has 0 aromatic heterocycles. The summed E-state index contributed by atoms with van der Waals surface area (Å²) in [6.07, 6.45) is 4.89. The highest BCUT2D eigenvalue weighted by Crippen LogP contribution is 2.40. The molecule has 1 aliphatic carbocycles. The number of amides is 2. The smallest absolute Gasteiger partial charge is 0.295 e. The minimum Gasteiger partial charge on any atom is -0.497 e. The second-order valence-corrected chi connectivity index (χ2v) is 10.9. The molecule has 4 atom stereocenters. The molecule has 0 N–H and O–H groups in total. The Hall–Kier alpha value is -3.95. The Balaban J connectivity index is 1.25. The van der Waals surface area contributed by atoms with Gasteiger partial charge in [0.1, 0.15) is 17.5 Å². The van der Waals surface area contributed by atoms with E-state index in [1.807, 2.05) is 29.2 Å². The number of rotatable bonds is 10. The third kappa shape index (κ3) is 5.64. The molecule has 3 fully saturated rings. The number of piperazine rings is 1. The summed E-state index contributed by atoms with van der Waals surface area (Å²) in [4.78, 5) is 44.3. The number of likely N-dealkylation sites (tertiary alicyclic amines) is 1. The van der Waals surface area contributed by atoms with Crippen LogP contribution in [0, 0.1) is 5.92 Å². The van der Waals surface area contributed by atoms with Gasteiger partial charge in [-0.3, -0.25) is 14.4 Å². The largest absolute Gasteiger partial charge is 0.497 e. The summed E-state index contributed by atoms with van der Waals surface area (Å²) in [6, 6.07) is 9.77. The number of fused-ring (bicyclic) bond motifs is 2. The van der Waals surface area contributed by atoms with Gasteiger partial charge in [0, 0.05) is 18.2 Å². The molecule has 220 valence electrons. The maximum atomic E-state index is 13.7. The van der Waals surface area contributed by atoms with Crippen LogP contribution < -0.4 is 23.7 Å². The number of benzene rings is 2. The lowest BCUT2D eigenvalue weighted by Crippen LogP contribution is -2.67. The van der Waals surface area contributed by atoms with E-state index in [0.717, 1.165) is 43.6 Å². The summed E-state index contributed by atoms with van der Waals surface area (Å²) in [5.74, 6) is 1.41. The van der Waals surface area contributed by atoms with Gasteiger partial charge in [0.05, 0.1) is 41.1 Å². The predicted octanol–water partition coefficient (Wildman–Crippen LogP) is 3.74. The first-order valence-electron chi connectivity index (χ1n) is 14.1. The number of carbonyl (C=O) groups is 3. The Labute approximate surface area is 240 Å². The first-order valence-corrected chi connectivity index (χ1v) is 14.1. The molecule has 2 aromatic rings. The standard InChI is InChI=1S/C31H38N2O8/c1-37-23-10-12-24(13-11-23)41-18-19-8-9-21(14-19)32-17-22-6-5-7-25(30(32)35)33(22)31(36)28(34)20-15-26(38-2)29(40-4)27(16-20)39-3/h10-13,15-16,19,21-22,25H,5-9,14,17-18H2,1-4H3. The van der Waals surface area contributed by atoms with Crippen molar-refractivity contribution in [1.29, 1.82) is 0 Å². The van der Waals surface area contributed by atoms with E-state index in [0.29, 0.717) is 31.2 Å². The molecular formula is C31H38N2O8. The van der Waals surface area contributed by atoms with Crippen LogP contribution >= 0.6 is 0 Å². The number of hydrogen-bond donors (Lipinski definition) is 0. The fraction of sp³-hybridized carbons (Fsp3) is 0.516. The van der Waals surface area contributed by atoms with E-state index in [1.165, 1.54) is 38.4 Å². The second kappa shape index (κ2) is 12.3. The minimum absolute atomic E-state index is 0.0614. The molecule has 2 aromatic carbocycles. The van der Waals surface area contributed by atoms with Crippen molar-refractivity contribution in [3.63, 3.8) is 0 Å². The molecule has 0 radical (unpaired) electrons. The summed E-state index contributed by atoms with van der Waals surface area (Å²) in [5.41, 5.74) is 0.132. The van der Waals surface area contributed by atoms with Gasteiger partial charge in [-0.1, -0.05) is 0 Å². The van der Waals surface area contributed by atoms with Crippen LogP contribution in [0.2, 0.25) is 0 Å². The fourth-order valence-corrected chi connectivity index (χ4v) is 6.47. The average Bonchev–Trinajstić information content (AvgIpc) is 3.49. The zero-order chi connectivity index (χ0) is 29.1. The van der Waals surface area contributed by atoms with Gasteiger partial charge in [0.15, 0.2) is 11.5 Å². The number of carbonyl (C=O) groups excluding carboxylic acids is 3. The molecule has 2 bridgehead atoms. The highest BCUT2D eigenvalue weighted by atomic mass is 16.5. The molecule has 2 heterocycles.